The molecule has 19 nitrogen and oxygen atoms in total. The molecule has 19 heteroatoms. The number of fused-ring (bicyclic) bond motifs is 5. The second-order valence-corrected chi connectivity index (χ2v) is 21.4. The van der Waals surface area contributed by atoms with Gasteiger partial charge in [-0.15, -0.1) is 0 Å². The molecule has 4 rings (SSSR count). The number of aliphatic hydroxyl groups excluding tert-OH is 15. The van der Waals surface area contributed by atoms with E-state index in [2.05, 4.69) is 33.8 Å². The van der Waals surface area contributed by atoms with Crippen molar-refractivity contribution < 1.29 is 95.9 Å². The van der Waals surface area contributed by atoms with Crippen molar-refractivity contribution in [3.63, 3.8) is 0 Å². The Morgan fingerprint density at radius 3 is 1.82 bits per heavy atom. The van der Waals surface area contributed by atoms with Gasteiger partial charge in [-0.2, -0.15) is 0 Å². The van der Waals surface area contributed by atoms with Gasteiger partial charge in [0.2, 0.25) is 12.6 Å². The topological polar surface area (TPSA) is 351 Å². The fourth-order valence-corrected chi connectivity index (χ4v) is 12.5. The molecule has 0 heterocycles. The van der Waals surface area contributed by atoms with Gasteiger partial charge in [0.05, 0.1) is 30.5 Å². The third kappa shape index (κ3) is 10.9. The second kappa shape index (κ2) is 21.9. The van der Waals surface area contributed by atoms with Crippen molar-refractivity contribution in [3.8, 4) is 0 Å². The summed E-state index contributed by atoms with van der Waals surface area (Å²) in [4.78, 5) is 0. The lowest BCUT2D eigenvalue weighted by Crippen LogP contribution is -2.64. The van der Waals surface area contributed by atoms with Crippen LogP contribution in [0.2, 0.25) is 0 Å². The van der Waals surface area contributed by atoms with E-state index in [4.69, 9.17) is 24.4 Å². The first-order chi connectivity index (χ1) is 30.5. The summed E-state index contributed by atoms with van der Waals surface area (Å²) < 4.78 is 17.3. The molecule has 4 aliphatic carbocycles. The first-order valence-electron chi connectivity index (χ1n) is 23.4. The lowest BCUT2D eigenvalue weighted by atomic mass is 9.38. The molecule has 0 spiro atoms. The Labute approximate surface area is 387 Å². The monoisotopic (exact) mass is 951 g/mol. The number of hydrogen-bond donors (Lipinski definition) is 16. The third-order valence-corrected chi connectivity index (χ3v) is 16.8. The average molecular weight is 951 g/mol. The van der Waals surface area contributed by atoms with Gasteiger partial charge in [-0.05, 0) is 99.7 Å². The van der Waals surface area contributed by atoms with Crippen LogP contribution in [-0.4, -0.2) is 175 Å². The predicted octanol–water partition coefficient (Wildman–Crippen LogP) is 1.72. The molecule has 4 aliphatic rings. The van der Waals surface area contributed by atoms with Crippen molar-refractivity contribution in [2.75, 3.05) is 19.8 Å². The smallest absolute Gasteiger partial charge is 0.220 e. The molecular formula is C47H82O19. The molecule has 0 radical (unpaired) electrons. The van der Waals surface area contributed by atoms with Gasteiger partial charge in [0.25, 0.3) is 0 Å². The number of allylic oxidation sites excluding steroid dienone is 1. The minimum absolute atomic E-state index is 0.0160. The van der Waals surface area contributed by atoms with Crippen LogP contribution in [0.15, 0.2) is 34.7 Å². The van der Waals surface area contributed by atoms with Gasteiger partial charge < -0.3 is 95.9 Å². The first-order valence-corrected chi connectivity index (χ1v) is 23.4. The summed E-state index contributed by atoms with van der Waals surface area (Å²) >= 11 is 0. The Morgan fingerprint density at radius 2 is 1.29 bits per heavy atom. The maximum absolute atomic E-state index is 12.5. The van der Waals surface area contributed by atoms with Gasteiger partial charge >= 0.3 is 0 Å². The van der Waals surface area contributed by atoms with Crippen LogP contribution in [0.3, 0.4) is 0 Å². The molecule has 0 aliphatic heterocycles. The lowest BCUT2D eigenvalue weighted by molar-refractivity contribution is -0.302. The average Bonchev–Trinajstić information content (AvgIpc) is 3.52. The highest BCUT2D eigenvalue weighted by atomic mass is 16.7. The Hall–Kier alpha value is -2.18. The van der Waals surface area contributed by atoms with E-state index in [9.17, 15) is 71.5 Å². The first kappa shape index (κ1) is 56.4. The van der Waals surface area contributed by atoms with Crippen LogP contribution in [0.1, 0.15) is 120 Å². The molecule has 384 valence electrons. The Bertz CT molecular complexity index is 1700. The van der Waals surface area contributed by atoms with Crippen LogP contribution >= 0.6 is 0 Å². The largest absolute Gasteiger partial charge is 0.506 e. The molecule has 0 amide bonds. The summed E-state index contributed by atoms with van der Waals surface area (Å²) in [5, 5.41) is 166. The number of ether oxygens (including phenoxy) is 3. The molecular weight excluding hydrogens is 868 g/mol. The van der Waals surface area contributed by atoms with Crippen molar-refractivity contribution in [1.29, 1.82) is 0 Å². The zero-order chi connectivity index (χ0) is 50.1. The maximum Gasteiger partial charge on any atom is 0.220 e. The summed E-state index contributed by atoms with van der Waals surface area (Å²) in [6, 6.07) is 0. The number of hydrogen-bond acceptors (Lipinski definition) is 19. The van der Waals surface area contributed by atoms with Gasteiger partial charge in [0.1, 0.15) is 30.5 Å². The fraction of sp³-hybridized carbons (Fsp3) is 0.872. The molecule has 0 bridgehead atoms. The minimum atomic E-state index is -2.47. The SMILES string of the molecule is C[C@H](CCC(O[C@@H](O[C@H](O)/C(O)=C(\O)[C@H](O)CCO)C(O)[C@H](O)C(O)CO)C(C)(C)O)[C@H]1CC[C@@]2(C)[C@@H]3CC=C4[C@@H](CC[C@H](O[C@H](O)/C(O)=C(\O)[C@H](O)CCO)C4(C)C)[C@]3(C)[C@H](O)C[C@]12C. The summed E-state index contributed by atoms with van der Waals surface area (Å²) in [5.41, 5.74) is -2.31. The van der Waals surface area contributed by atoms with Crippen LogP contribution < -0.4 is 0 Å². The van der Waals surface area contributed by atoms with Gasteiger partial charge in [0, 0.05) is 36.9 Å². The van der Waals surface area contributed by atoms with Gasteiger partial charge in [-0.3, -0.25) is 0 Å². The van der Waals surface area contributed by atoms with Crippen LogP contribution in [-0.2, 0) is 14.2 Å². The quantitative estimate of drug-likeness (QED) is 0.0394. The van der Waals surface area contributed by atoms with Gasteiger partial charge in [0.15, 0.2) is 29.3 Å². The molecule has 3 fully saturated rings. The molecule has 3 saturated carbocycles. The summed E-state index contributed by atoms with van der Waals surface area (Å²) in [7, 11) is 0. The normalized spacial score (nSPS) is 35.3. The van der Waals surface area contributed by atoms with Crippen molar-refractivity contribution in [1.82, 2.24) is 0 Å². The molecule has 66 heavy (non-hydrogen) atoms. The molecule has 0 aromatic carbocycles. The molecule has 16 N–H and O–H groups in total. The van der Waals surface area contributed by atoms with E-state index in [1.54, 1.807) is 0 Å². The highest BCUT2D eigenvalue weighted by Gasteiger charge is 2.70. The standard InChI is InChI=1S/C47H82O19/c1-23(9-13-33(44(4,5)63)65-42(39(60)36(57)29(53)22-50)66-41(62)38(59)35(56)28(52)17-20-49)24-15-18-45(6)30-12-10-25-26(47(30,8)31(54)21-46(24,45)7)11-14-32(43(25,2)3)64-40(61)37(58)34(55)27(51)16-19-48/h10,23-24,26-33,36,39-42,48-63H,9,11-22H2,1-8H3/b37-34+,38-35+/t23-,24-,26-,27-,28-,29?,30+,31-,32+,33?,36-,39?,40+,41+,42+,45+,46-,47+/m1/s1. The van der Waals surface area contributed by atoms with Crippen LogP contribution in [0.5, 0.6) is 0 Å². The van der Waals surface area contributed by atoms with Gasteiger partial charge in [-0.25, -0.2) is 0 Å². The van der Waals surface area contributed by atoms with E-state index < -0.39 is 133 Å². The Morgan fingerprint density at radius 1 is 0.727 bits per heavy atom. The van der Waals surface area contributed by atoms with E-state index in [1.165, 1.54) is 13.8 Å². The van der Waals surface area contributed by atoms with Gasteiger partial charge in [-0.1, -0.05) is 53.2 Å². The molecule has 0 aromatic rings. The van der Waals surface area contributed by atoms with E-state index in [-0.39, 0.29) is 47.3 Å². The predicted molar refractivity (Wildman–Crippen MR) is 237 cm³/mol. The van der Waals surface area contributed by atoms with Crippen molar-refractivity contribution in [2.24, 2.45) is 45.3 Å². The Kier molecular flexibility index (Phi) is 18.7. The van der Waals surface area contributed by atoms with E-state index >= 15 is 0 Å². The minimum Gasteiger partial charge on any atom is -0.506 e. The number of rotatable bonds is 23. The maximum atomic E-state index is 12.5. The zero-order valence-corrected chi connectivity index (χ0v) is 39.8. The molecule has 3 unspecified atom stereocenters. The second-order valence-electron chi connectivity index (χ2n) is 21.4. The summed E-state index contributed by atoms with van der Waals surface area (Å²) in [6.45, 7) is 13.7. The van der Waals surface area contributed by atoms with E-state index in [0.717, 1.165) is 18.4 Å². The highest BCUT2D eigenvalue weighted by molar-refractivity contribution is 5.32. The Balaban J connectivity index is 1.56. The molecule has 0 saturated heterocycles. The van der Waals surface area contributed by atoms with Crippen LogP contribution in [0.4, 0.5) is 0 Å². The fourth-order valence-electron chi connectivity index (χ4n) is 12.5. The van der Waals surface area contributed by atoms with E-state index in [1.807, 2.05) is 13.8 Å². The van der Waals surface area contributed by atoms with Crippen molar-refractivity contribution >= 4 is 0 Å². The molecule has 0 aromatic heterocycles. The third-order valence-electron chi connectivity index (χ3n) is 16.8. The highest BCUT2D eigenvalue weighted by Crippen LogP contribution is 2.75. The lowest BCUT2D eigenvalue weighted by Gasteiger charge is -2.67. The van der Waals surface area contributed by atoms with Crippen LogP contribution in [0, 0.1) is 45.3 Å². The van der Waals surface area contributed by atoms with Crippen molar-refractivity contribution in [2.45, 2.75) is 193 Å². The zero-order valence-electron chi connectivity index (χ0n) is 39.8. The molecule has 18 atom stereocenters. The van der Waals surface area contributed by atoms with Crippen molar-refractivity contribution in [3.05, 3.63) is 34.7 Å². The summed E-state index contributed by atoms with van der Waals surface area (Å²) in [6.07, 6.45) is -12.3. The summed E-state index contributed by atoms with van der Waals surface area (Å²) in [5.74, 6) is -4.10. The van der Waals surface area contributed by atoms with E-state index in [0.29, 0.717) is 32.1 Å². The number of aliphatic hydroxyl groups is 16. The van der Waals surface area contributed by atoms with Crippen LogP contribution in [0.25, 0.3) is 0 Å².